The molecule has 0 unspecified atom stereocenters. The van der Waals surface area contributed by atoms with Crippen molar-refractivity contribution in [3.05, 3.63) is 77.5 Å². The Balaban J connectivity index is 0.00000112. The van der Waals surface area contributed by atoms with Gasteiger partial charge in [0.15, 0.2) is 0 Å². The van der Waals surface area contributed by atoms with Gasteiger partial charge < -0.3 is 9.80 Å². The Morgan fingerprint density at radius 3 is 1.43 bits per heavy atom. The van der Waals surface area contributed by atoms with E-state index in [0.717, 1.165) is 11.8 Å². The molecule has 2 aliphatic carbocycles. The summed E-state index contributed by atoms with van der Waals surface area (Å²) in [6.07, 6.45) is 16.3. The van der Waals surface area contributed by atoms with Crippen LogP contribution in [0, 0.1) is 18.5 Å². The number of halogens is 1. The summed E-state index contributed by atoms with van der Waals surface area (Å²) in [5, 5.41) is 0. The zero-order valence-electron chi connectivity index (χ0n) is 20.5. The average Bonchev–Trinajstić information content (AvgIpc) is 3.35. The minimum atomic E-state index is 0.562. The number of nitrogens with zero attached hydrogens (tertiary/aromatic N) is 2. The van der Waals surface area contributed by atoms with Crippen LogP contribution in [0.2, 0.25) is 0 Å². The molecule has 0 amide bonds. The number of fused-ring (bicyclic) bond motifs is 6. The van der Waals surface area contributed by atoms with E-state index in [1.165, 1.54) is 99.6 Å². The first-order valence-corrected chi connectivity index (χ1v) is 15.0. The summed E-state index contributed by atoms with van der Waals surface area (Å²) in [4.78, 5) is 5.29. The summed E-state index contributed by atoms with van der Waals surface area (Å²) in [7, 11) is 4.20. The molecule has 188 valence electrons. The summed E-state index contributed by atoms with van der Waals surface area (Å²) in [6, 6.07) is 19.6. The van der Waals surface area contributed by atoms with E-state index >= 15 is 0 Å². The minimum absolute atomic E-state index is 0.562. The van der Waals surface area contributed by atoms with Crippen LogP contribution in [0.1, 0.15) is 86.5 Å². The van der Waals surface area contributed by atoms with Gasteiger partial charge in [0, 0.05) is 23.2 Å². The van der Waals surface area contributed by atoms with Gasteiger partial charge in [-0.15, -0.1) is 0 Å². The molecule has 2 aromatic rings. The zero-order valence-corrected chi connectivity index (χ0v) is 22.2. The average molecular weight is 536 g/mol. The molecule has 2 radical (unpaired) electrons. The molecule has 0 N–H and O–H groups in total. The fraction of sp³-hybridized carbons (Fsp3) is 0.516. The van der Waals surface area contributed by atoms with Gasteiger partial charge in [-0.1, -0.05) is 87.1 Å². The van der Waals surface area contributed by atoms with Gasteiger partial charge in [-0.05, 0) is 61.5 Å². The standard InChI is InChI=1S/C31H36N2.ClH.Cu/c1-3-11-22(12-4-1)28-19-24-15-7-9-17-26(24)30-31-27-18-10-8-16-25(27)20-29(33(31)21-32(28)30)23-13-5-2-6-14-23;;/h7-10,15-18,22-23,28-29H,1-6,11-14,19-20H2;1H;/q;;+1/p-1/t28-,29-;;/m0../s1. The van der Waals surface area contributed by atoms with E-state index in [0.29, 0.717) is 12.1 Å². The normalized spacial score (nSPS) is 26.4. The van der Waals surface area contributed by atoms with Crippen molar-refractivity contribution < 1.29 is 15.1 Å². The Bertz CT molecular complexity index is 986. The predicted octanol–water partition coefficient (Wildman–Crippen LogP) is 7.82. The fourth-order valence-corrected chi connectivity index (χ4v) is 7.72. The van der Waals surface area contributed by atoms with Gasteiger partial charge in [0.05, 0.1) is 11.4 Å². The first-order valence-electron chi connectivity index (χ1n) is 13.8. The quantitative estimate of drug-likeness (QED) is 0.362. The SMILES string of the molecule is [C]1N2C(=C3c4ccccc4C[C@@H](C4CCCCC4)N13)c1ccccc1C[C@H]2C1CCCCC1.[Cl][Cu]. The van der Waals surface area contributed by atoms with E-state index in [4.69, 9.17) is 0 Å². The third-order valence-electron chi connectivity index (χ3n) is 9.38. The van der Waals surface area contributed by atoms with Crippen LogP contribution in [0.5, 0.6) is 0 Å². The van der Waals surface area contributed by atoms with E-state index in [9.17, 15) is 0 Å². The monoisotopic (exact) mass is 534 g/mol. The van der Waals surface area contributed by atoms with Gasteiger partial charge in [0.2, 0.25) is 6.67 Å². The van der Waals surface area contributed by atoms with Gasteiger partial charge in [0.1, 0.15) is 0 Å². The second-order valence-corrected chi connectivity index (χ2v) is 11.2. The van der Waals surface area contributed by atoms with Gasteiger partial charge in [-0.3, -0.25) is 0 Å². The van der Waals surface area contributed by atoms with E-state index in [2.05, 4.69) is 90.2 Å². The van der Waals surface area contributed by atoms with Crippen molar-refractivity contribution in [1.29, 1.82) is 0 Å². The topological polar surface area (TPSA) is 6.48 Å². The molecule has 0 aromatic heterocycles. The van der Waals surface area contributed by atoms with E-state index in [-0.39, 0.29) is 0 Å². The second kappa shape index (κ2) is 10.5. The number of rotatable bonds is 2. The molecule has 0 bridgehead atoms. The first kappa shape index (κ1) is 24.0. The molecule has 2 saturated carbocycles. The Labute approximate surface area is 224 Å². The maximum atomic E-state index is 4.20. The molecule has 5 aliphatic rings. The van der Waals surface area contributed by atoms with E-state index in [1.54, 1.807) is 11.1 Å². The van der Waals surface area contributed by atoms with E-state index < -0.39 is 0 Å². The van der Waals surface area contributed by atoms with Crippen molar-refractivity contribution in [2.45, 2.75) is 89.1 Å². The van der Waals surface area contributed by atoms with E-state index in [1.807, 2.05) is 0 Å². The number of hydrogen-bond acceptors (Lipinski definition) is 2. The predicted molar refractivity (Wildman–Crippen MR) is 141 cm³/mol. The van der Waals surface area contributed by atoms with Gasteiger partial charge in [0.25, 0.3) is 0 Å². The molecule has 3 aliphatic heterocycles. The Morgan fingerprint density at radius 1 is 0.600 bits per heavy atom. The molecular formula is C31H36ClCuN2. The van der Waals surface area contributed by atoms with Crippen molar-refractivity contribution in [1.82, 2.24) is 9.80 Å². The number of hydrogen-bond donors (Lipinski definition) is 0. The number of benzene rings is 2. The van der Waals surface area contributed by atoms with Crippen LogP contribution >= 0.6 is 10.1 Å². The van der Waals surface area contributed by atoms with Crippen LogP contribution < -0.4 is 0 Å². The van der Waals surface area contributed by atoms with Crippen molar-refractivity contribution in [3.63, 3.8) is 0 Å². The molecule has 4 heteroatoms. The molecule has 7 rings (SSSR count). The molecule has 0 saturated heterocycles. The van der Waals surface area contributed by atoms with Crippen molar-refractivity contribution in [2.75, 3.05) is 0 Å². The molecule has 35 heavy (non-hydrogen) atoms. The first-order chi connectivity index (χ1) is 17.4. The molecule has 3 heterocycles. The van der Waals surface area contributed by atoms with Crippen molar-refractivity contribution in [2.24, 2.45) is 11.8 Å². The molecule has 2 atom stereocenters. The third kappa shape index (κ3) is 4.26. The van der Waals surface area contributed by atoms with Crippen LogP contribution in [0.15, 0.2) is 48.5 Å². The van der Waals surface area contributed by atoms with Crippen LogP contribution in [-0.4, -0.2) is 21.9 Å². The van der Waals surface area contributed by atoms with Crippen LogP contribution in [0.4, 0.5) is 0 Å². The zero-order chi connectivity index (χ0) is 23.8. The molecule has 2 aromatic carbocycles. The molecule has 2 fully saturated rings. The molecule has 2 nitrogen and oxygen atoms in total. The fourth-order valence-electron chi connectivity index (χ4n) is 7.72. The van der Waals surface area contributed by atoms with Crippen LogP contribution in [0.25, 0.3) is 11.4 Å². The molecule has 0 spiro atoms. The maximum absolute atomic E-state index is 4.20. The van der Waals surface area contributed by atoms with Crippen molar-refractivity contribution >= 4 is 21.5 Å². The molecular weight excluding hydrogens is 499 g/mol. The second-order valence-electron chi connectivity index (χ2n) is 11.2. The Kier molecular flexibility index (Phi) is 7.20. The summed E-state index contributed by atoms with van der Waals surface area (Å²) >= 11 is 3.66. The van der Waals surface area contributed by atoms with Gasteiger partial charge >= 0.3 is 25.2 Å². The third-order valence-corrected chi connectivity index (χ3v) is 9.38. The summed E-state index contributed by atoms with van der Waals surface area (Å²) < 4.78 is 0. The Hall–Kier alpha value is -1.41. The van der Waals surface area contributed by atoms with Crippen LogP contribution in [-0.2, 0) is 27.9 Å². The Morgan fingerprint density at radius 2 is 1.00 bits per heavy atom. The van der Waals surface area contributed by atoms with Gasteiger partial charge in [-0.25, -0.2) is 0 Å². The van der Waals surface area contributed by atoms with Crippen LogP contribution in [0.3, 0.4) is 0 Å². The summed E-state index contributed by atoms with van der Waals surface area (Å²) in [5.74, 6) is 1.58. The van der Waals surface area contributed by atoms with Crippen molar-refractivity contribution in [3.8, 4) is 0 Å². The summed E-state index contributed by atoms with van der Waals surface area (Å²) in [5.41, 5.74) is 8.92. The van der Waals surface area contributed by atoms with Gasteiger partial charge in [-0.2, -0.15) is 0 Å². The summed E-state index contributed by atoms with van der Waals surface area (Å²) in [6.45, 7) is 4.06.